The molecule has 0 atom stereocenters. The Morgan fingerprint density at radius 1 is 0.848 bits per heavy atom. The number of carbonyl (C=O) groups excluding carboxylic acids is 2. The molecule has 3 aromatic rings. The van der Waals surface area contributed by atoms with Crippen LogP contribution >= 0.6 is 0 Å². The van der Waals surface area contributed by atoms with E-state index in [1.54, 1.807) is 18.2 Å². The number of hydrogen-bond acceptors (Lipinski definition) is 4. The molecule has 6 nitrogen and oxygen atoms in total. The lowest BCUT2D eigenvalue weighted by atomic mass is 10.1. The summed E-state index contributed by atoms with van der Waals surface area (Å²) in [7, 11) is 0. The van der Waals surface area contributed by atoms with Gasteiger partial charge in [-0.1, -0.05) is 31.5 Å². The molecule has 0 spiro atoms. The van der Waals surface area contributed by atoms with Crippen LogP contribution < -0.4 is 20.7 Å². The third-order valence-corrected chi connectivity index (χ3v) is 4.98. The number of nitrogens with one attached hydrogen (secondary N) is 3. The molecular weight excluding hydrogens is 414 g/mol. The van der Waals surface area contributed by atoms with Gasteiger partial charge in [-0.15, -0.1) is 0 Å². The minimum absolute atomic E-state index is 0.127. The van der Waals surface area contributed by atoms with Crippen LogP contribution in [0.2, 0.25) is 0 Å². The zero-order valence-electron chi connectivity index (χ0n) is 19.4. The fraction of sp³-hybridized carbons (Fsp3) is 0.259. The molecule has 0 fully saturated rings. The summed E-state index contributed by atoms with van der Waals surface area (Å²) in [6, 6.07) is 22.0. The van der Waals surface area contributed by atoms with E-state index in [1.165, 1.54) is 0 Å². The molecule has 0 saturated carbocycles. The SMILES string of the molecule is Cc1cccc(C(=O)Nc2ccc(NCC(=O)Nc3ccc(OCCC(C)C)cc3)cc2)c1. The van der Waals surface area contributed by atoms with Crippen LogP contribution in [0.25, 0.3) is 0 Å². The number of benzene rings is 3. The van der Waals surface area contributed by atoms with Crippen molar-refractivity contribution in [2.45, 2.75) is 27.2 Å². The summed E-state index contributed by atoms with van der Waals surface area (Å²) >= 11 is 0. The van der Waals surface area contributed by atoms with E-state index >= 15 is 0 Å². The summed E-state index contributed by atoms with van der Waals surface area (Å²) < 4.78 is 5.69. The number of rotatable bonds is 10. The Morgan fingerprint density at radius 2 is 1.48 bits per heavy atom. The monoisotopic (exact) mass is 445 g/mol. The minimum Gasteiger partial charge on any atom is -0.494 e. The van der Waals surface area contributed by atoms with Crippen molar-refractivity contribution >= 4 is 28.9 Å². The highest BCUT2D eigenvalue weighted by Gasteiger charge is 2.07. The van der Waals surface area contributed by atoms with Gasteiger partial charge in [0.15, 0.2) is 0 Å². The van der Waals surface area contributed by atoms with Crippen molar-refractivity contribution in [1.82, 2.24) is 0 Å². The molecule has 3 aromatic carbocycles. The summed E-state index contributed by atoms with van der Waals surface area (Å²) in [6.45, 7) is 7.08. The molecule has 6 heteroatoms. The second-order valence-electron chi connectivity index (χ2n) is 8.36. The van der Waals surface area contributed by atoms with Gasteiger partial charge in [0.2, 0.25) is 5.91 Å². The van der Waals surface area contributed by atoms with Gasteiger partial charge in [-0.05, 0) is 79.9 Å². The molecule has 172 valence electrons. The van der Waals surface area contributed by atoms with Gasteiger partial charge in [-0.2, -0.15) is 0 Å². The lowest BCUT2D eigenvalue weighted by molar-refractivity contribution is -0.114. The predicted molar refractivity (Wildman–Crippen MR) is 134 cm³/mol. The average molecular weight is 446 g/mol. The van der Waals surface area contributed by atoms with Crippen LogP contribution in [0, 0.1) is 12.8 Å². The summed E-state index contributed by atoms with van der Waals surface area (Å²) in [4.78, 5) is 24.6. The number of anilines is 3. The van der Waals surface area contributed by atoms with Crippen LogP contribution in [0.15, 0.2) is 72.8 Å². The Hall–Kier alpha value is -3.80. The van der Waals surface area contributed by atoms with Crippen LogP contribution in [0.4, 0.5) is 17.1 Å². The normalized spacial score (nSPS) is 10.5. The molecule has 0 aliphatic rings. The number of amides is 2. The Bertz CT molecular complexity index is 1060. The van der Waals surface area contributed by atoms with Gasteiger partial charge in [0.1, 0.15) is 5.75 Å². The quantitative estimate of drug-likeness (QED) is 0.373. The van der Waals surface area contributed by atoms with Crippen molar-refractivity contribution in [2.75, 3.05) is 29.1 Å². The minimum atomic E-state index is -0.157. The van der Waals surface area contributed by atoms with Crippen molar-refractivity contribution in [3.05, 3.63) is 83.9 Å². The van der Waals surface area contributed by atoms with E-state index in [-0.39, 0.29) is 18.4 Å². The van der Waals surface area contributed by atoms with Gasteiger partial charge < -0.3 is 20.7 Å². The number of ether oxygens (including phenoxy) is 1. The molecule has 0 aliphatic carbocycles. The maximum atomic E-state index is 12.4. The lowest BCUT2D eigenvalue weighted by Crippen LogP contribution is -2.21. The first kappa shape index (κ1) is 23.9. The second-order valence-corrected chi connectivity index (χ2v) is 8.36. The lowest BCUT2D eigenvalue weighted by Gasteiger charge is -2.11. The van der Waals surface area contributed by atoms with Crippen molar-refractivity contribution in [3.8, 4) is 5.75 Å². The van der Waals surface area contributed by atoms with Crippen LogP contribution in [0.3, 0.4) is 0 Å². The van der Waals surface area contributed by atoms with E-state index in [0.717, 1.165) is 23.4 Å². The molecule has 33 heavy (non-hydrogen) atoms. The summed E-state index contributed by atoms with van der Waals surface area (Å²) in [5.41, 5.74) is 3.84. The molecule has 3 N–H and O–H groups in total. The molecule has 0 bridgehead atoms. The van der Waals surface area contributed by atoms with Crippen LogP contribution in [0.5, 0.6) is 5.75 Å². The summed E-state index contributed by atoms with van der Waals surface area (Å²) in [5, 5.41) is 8.82. The fourth-order valence-corrected chi connectivity index (χ4v) is 3.10. The van der Waals surface area contributed by atoms with E-state index in [0.29, 0.717) is 29.5 Å². The highest BCUT2D eigenvalue weighted by molar-refractivity contribution is 6.04. The zero-order chi connectivity index (χ0) is 23.6. The third-order valence-electron chi connectivity index (χ3n) is 4.98. The maximum Gasteiger partial charge on any atom is 0.255 e. The third kappa shape index (κ3) is 8.00. The molecule has 2 amide bonds. The largest absolute Gasteiger partial charge is 0.494 e. The molecule has 0 unspecified atom stereocenters. The highest BCUT2D eigenvalue weighted by Crippen LogP contribution is 2.17. The predicted octanol–water partition coefficient (Wildman–Crippen LogP) is 5.72. The van der Waals surface area contributed by atoms with Crippen LogP contribution in [0.1, 0.15) is 36.2 Å². The van der Waals surface area contributed by atoms with E-state index in [1.807, 2.05) is 61.5 Å². The molecule has 0 saturated heterocycles. The Morgan fingerprint density at radius 3 is 2.15 bits per heavy atom. The van der Waals surface area contributed by atoms with E-state index in [4.69, 9.17) is 4.74 Å². The molecule has 0 radical (unpaired) electrons. The van der Waals surface area contributed by atoms with E-state index in [9.17, 15) is 9.59 Å². The molecule has 0 heterocycles. The summed E-state index contributed by atoms with van der Waals surface area (Å²) in [6.07, 6.45) is 1.00. The second kappa shape index (κ2) is 11.7. The molecule has 3 rings (SSSR count). The van der Waals surface area contributed by atoms with Gasteiger partial charge in [0, 0.05) is 22.6 Å². The average Bonchev–Trinajstić information content (AvgIpc) is 2.79. The number of aryl methyl sites for hydroxylation is 1. The molecule has 0 aromatic heterocycles. The Balaban J connectivity index is 1.43. The van der Waals surface area contributed by atoms with Crippen molar-refractivity contribution in [1.29, 1.82) is 0 Å². The number of carbonyl (C=O) groups is 2. The van der Waals surface area contributed by atoms with Gasteiger partial charge in [0.25, 0.3) is 5.91 Å². The van der Waals surface area contributed by atoms with Gasteiger partial charge in [0.05, 0.1) is 13.2 Å². The van der Waals surface area contributed by atoms with Gasteiger partial charge in [-0.3, -0.25) is 9.59 Å². The zero-order valence-corrected chi connectivity index (χ0v) is 19.4. The first-order valence-corrected chi connectivity index (χ1v) is 11.1. The molecule has 0 aliphatic heterocycles. The Kier molecular flexibility index (Phi) is 8.47. The van der Waals surface area contributed by atoms with Gasteiger partial charge >= 0.3 is 0 Å². The fourth-order valence-electron chi connectivity index (χ4n) is 3.10. The maximum absolute atomic E-state index is 12.4. The molecular formula is C27H31N3O3. The Labute approximate surface area is 195 Å². The first-order chi connectivity index (χ1) is 15.9. The van der Waals surface area contributed by atoms with Gasteiger partial charge in [-0.25, -0.2) is 0 Å². The van der Waals surface area contributed by atoms with Crippen LogP contribution in [-0.2, 0) is 4.79 Å². The first-order valence-electron chi connectivity index (χ1n) is 11.1. The van der Waals surface area contributed by atoms with E-state index < -0.39 is 0 Å². The number of hydrogen-bond donors (Lipinski definition) is 3. The van der Waals surface area contributed by atoms with Crippen molar-refractivity contribution < 1.29 is 14.3 Å². The van der Waals surface area contributed by atoms with Crippen molar-refractivity contribution in [2.24, 2.45) is 5.92 Å². The smallest absolute Gasteiger partial charge is 0.255 e. The van der Waals surface area contributed by atoms with Crippen LogP contribution in [-0.4, -0.2) is 25.0 Å². The summed E-state index contributed by atoms with van der Waals surface area (Å²) in [5.74, 6) is 1.08. The standard InChI is InChI=1S/C27H31N3O3/c1-19(2)15-16-33-25-13-11-23(12-14-25)29-26(31)18-28-22-7-9-24(10-8-22)30-27(32)21-6-4-5-20(3)17-21/h4-14,17,19,28H,15-16,18H2,1-3H3,(H,29,31)(H,30,32). The highest BCUT2D eigenvalue weighted by atomic mass is 16.5. The van der Waals surface area contributed by atoms with Crippen molar-refractivity contribution in [3.63, 3.8) is 0 Å². The van der Waals surface area contributed by atoms with E-state index in [2.05, 4.69) is 29.8 Å². The topological polar surface area (TPSA) is 79.5 Å².